The van der Waals surface area contributed by atoms with E-state index in [1.165, 1.54) is 0 Å². The summed E-state index contributed by atoms with van der Waals surface area (Å²) in [6.07, 6.45) is -0.352. The Hall–Kier alpha value is -1.85. The van der Waals surface area contributed by atoms with Gasteiger partial charge in [0.1, 0.15) is 0 Å². The summed E-state index contributed by atoms with van der Waals surface area (Å²) in [5.74, 6) is -1.06. The molecule has 0 unspecified atom stereocenters. The third-order valence-electron chi connectivity index (χ3n) is 2.07. The Bertz CT molecular complexity index is 471. The van der Waals surface area contributed by atoms with Crippen LogP contribution in [0.3, 0.4) is 0 Å². The van der Waals surface area contributed by atoms with Crippen molar-refractivity contribution in [2.75, 3.05) is 5.73 Å². The second-order valence-corrected chi connectivity index (χ2v) is 4.60. The van der Waals surface area contributed by atoms with Gasteiger partial charge < -0.3 is 10.8 Å². The quantitative estimate of drug-likeness (QED) is 0.669. The van der Waals surface area contributed by atoms with Crippen LogP contribution >= 0.6 is 0 Å². The lowest BCUT2D eigenvalue weighted by atomic mass is 9.88. The Morgan fingerprint density at radius 2 is 2.06 bits per heavy atom. The van der Waals surface area contributed by atoms with E-state index in [1.807, 2.05) is 20.8 Å². The van der Waals surface area contributed by atoms with E-state index >= 15 is 0 Å². The molecule has 0 aromatic carbocycles. The number of aromatic nitrogens is 2. The lowest BCUT2D eigenvalue weighted by Gasteiger charge is -2.20. The van der Waals surface area contributed by atoms with Crippen LogP contribution in [0.25, 0.3) is 0 Å². The molecule has 0 aliphatic carbocycles. The molecule has 0 fully saturated rings. The van der Waals surface area contributed by atoms with Crippen LogP contribution in [0.5, 0.6) is 0 Å². The lowest BCUT2D eigenvalue weighted by Crippen LogP contribution is -2.28. The van der Waals surface area contributed by atoms with Crippen molar-refractivity contribution in [3.05, 3.63) is 21.6 Å². The Balaban J connectivity index is 3.44. The summed E-state index contributed by atoms with van der Waals surface area (Å²) in [5.41, 5.74) is 5.12. The minimum atomic E-state index is -1.07. The summed E-state index contributed by atoms with van der Waals surface area (Å²) in [4.78, 5) is 28.6. The van der Waals surface area contributed by atoms with Crippen molar-refractivity contribution in [3.8, 4) is 0 Å². The van der Waals surface area contributed by atoms with Crippen molar-refractivity contribution in [1.82, 2.24) is 9.97 Å². The Kier molecular flexibility index (Phi) is 3.02. The highest BCUT2D eigenvalue weighted by Gasteiger charge is 2.24. The molecule has 0 aliphatic rings. The fourth-order valence-corrected chi connectivity index (χ4v) is 1.45. The number of H-pyrrole nitrogens is 1. The summed E-state index contributed by atoms with van der Waals surface area (Å²) in [6, 6.07) is 0. The number of anilines is 1. The van der Waals surface area contributed by atoms with E-state index < -0.39 is 16.9 Å². The number of rotatable bonds is 2. The average molecular weight is 225 g/mol. The van der Waals surface area contributed by atoms with Gasteiger partial charge in [0.15, 0.2) is 0 Å². The first kappa shape index (κ1) is 12.2. The van der Waals surface area contributed by atoms with Gasteiger partial charge in [-0.15, -0.1) is 0 Å². The van der Waals surface area contributed by atoms with Crippen LogP contribution in [0.4, 0.5) is 5.95 Å². The van der Waals surface area contributed by atoms with Gasteiger partial charge in [0, 0.05) is 5.41 Å². The van der Waals surface area contributed by atoms with Crippen LogP contribution < -0.4 is 11.3 Å². The molecule has 0 saturated carbocycles. The number of nitrogens with one attached hydrogen (secondary N) is 1. The molecule has 1 aromatic heterocycles. The average Bonchev–Trinajstić information content (AvgIpc) is 2.06. The predicted molar refractivity (Wildman–Crippen MR) is 59.3 cm³/mol. The highest BCUT2D eigenvalue weighted by atomic mass is 16.4. The number of nitrogen functional groups attached to an aromatic ring is 1. The first-order valence-electron chi connectivity index (χ1n) is 4.82. The molecule has 4 N–H and O–H groups in total. The zero-order chi connectivity index (χ0) is 12.5. The molecule has 6 heteroatoms. The van der Waals surface area contributed by atoms with Crippen LogP contribution in [-0.2, 0) is 16.6 Å². The van der Waals surface area contributed by atoms with Crippen molar-refractivity contribution in [1.29, 1.82) is 0 Å². The Labute approximate surface area is 92.5 Å². The summed E-state index contributed by atoms with van der Waals surface area (Å²) in [5, 5.41) is 8.74. The lowest BCUT2D eigenvalue weighted by molar-refractivity contribution is -0.136. The zero-order valence-corrected chi connectivity index (χ0v) is 9.50. The summed E-state index contributed by atoms with van der Waals surface area (Å²) in [6.45, 7) is 5.54. The van der Waals surface area contributed by atoms with Crippen molar-refractivity contribution < 1.29 is 9.90 Å². The SMILES string of the molecule is CC(C)(C)c1nc(N)[nH]c(=O)c1CC(=O)O. The molecule has 6 nitrogen and oxygen atoms in total. The molecule has 1 heterocycles. The summed E-state index contributed by atoms with van der Waals surface area (Å²) < 4.78 is 0. The minimum absolute atomic E-state index is 0.00376. The van der Waals surface area contributed by atoms with E-state index in [0.717, 1.165) is 0 Å². The highest BCUT2D eigenvalue weighted by Crippen LogP contribution is 2.22. The Morgan fingerprint density at radius 3 is 2.50 bits per heavy atom. The molecular weight excluding hydrogens is 210 g/mol. The molecular formula is C10H15N3O3. The fourth-order valence-electron chi connectivity index (χ4n) is 1.45. The Morgan fingerprint density at radius 1 is 1.50 bits per heavy atom. The number of nitrogens with two attached hydrogens (primary N) is 1. The van der Waals surface area contributed by atoms with E-state index in [0.29, 0.717) is 5.69 Å². The predicted octanol–water partition coefficient (Wildman–Crippen LogP) is 0.277. The molecule has 0 radical (unpaired) electrons. The molecule has 0 atom stereocenters. The minimum Gasteiger partial charge on any atom is -0.481 e. The van der Waals surface area contributed by atoms with Crippen LogP contribution in [-0.4, -0.2) is 21.0 Å². The summed E-state index contributed by atoms with van der Waals surface area (Å²) >= 11 is 0. The van der Waals surface area contributed by atoms with Gasteiger partial charge in [0.05, 0.1) is 17.7 Å². The van der Waals surface area contributed by atoms with Crippen LogP contribution in [0, 0.1) is 0 Å². The number of aliphatic carboxylic acids is 1. The van der Waals surface area contributed by atoms with Crippen molar-refractivity contribution in [2.24, 2.45) is 0 Å². The fraction of sp³-hybridized carbons (Fsp3) is 0.500. The smallest absolute Gasteiger partial charge is 0.308 e. The van der Waals surface area contributed by atoms with E-state index in [-0.39, 0.29) is 17.9 Å². The maximum absolute atomic E-state index is 11.6. The molecule has 0 bridgehead atoms. The van der Waals surface area contributed by atoms with Gasteiger partial charge in [-0.05, 0) is 0 Å². The van der Waals surface area contributed by atoms with Gasteiger partial charge >= 0.3 is 5.97 Å². The van der Waals surface area contributed by atoms with Gasteiger partial charge in [-0.3, -0.25) is 14.6 Å². The van der Waals surface area contributed by atoms with E-state index in [4.69, 9.17) is 10.8 Å². The molecule has 88 valence electrons. The van der Waals surface area contributed by atoms with Crippen molar-refractivity contribution >= 4 is 11.9 Å². The standard InChI is InChI=1S/C10H15N3O3/c1-10(2,3)7-5(4-6(14)15)8(16)13-9(11)12-7/h4H2,1-3H3,(H,14,15)(H3,11,12,13,16). The van der Waals surface area contributed by atoms with Gasteiger partial charge in [-0.2, -0.15) is 0 Å². The molecule has 0 spiro atoms. The number of carboxylic acids is 1. The van der Waals surface area contributed by atoms with Crippen molar-refractivity contribution in [2.45, 2.75) is 32.6 Å². The normalized spacial score (nSPS) is 11.4. The molecule has 0 amide bonds. The monoisotopic (exact) mass is 225 g/mol. The maximum Gasteiger partial charge on any atom is 0.308 e. The van der Waals surface area contributed by atoms with Gasteiger partial charge in [-0.1, -0.05) is 20.8 Å². The van der Waals surface area contributed by atoms with E-state index in [1.54, 1.807) is 0 Å². The number of carbonyl (C=O) groups is 1. The molecule has 0 aliphatic heterocycles. The van der Waals surface area contributed by atoms with Crippen LogP contribution in [0.15, 0.2) is 4.79 Å². The van der Waals surface area contributed by atoms with Crippen LogP contribution in [0.2, 0.25) is 0 Å². The topological polar surface area (TPSA) is 109 Å². The van der Waals surface area contributed by atoms with Crippen molar-refractivity contribution in [3.63, 3.8) is 0 Å². The van der Waals surface area contributed by atoms with Gasteiger partial charge in [0.2, 0.25) is 5.95 Å². The number of hydrogen-bond donors (Lipinski definition) is 3. The van der Waals surface area contributed by atoms with Gasteiger partial charge in [0.25, 0.3) is 5.56 Å². The molecule has 1 rings (SSSR count). The molecule has 1 aromatic rings. The number of carboxylic acid groups (broad SMARTS) is 1. The number of nitrogens with zero attached hydrogens (tertiary/aromatic N) is 1. The third kappa shape index (κ3) is 2.59. The highest BCUT2D eigenvalue weighted by molar-refractivity contribution is 5.70. The van der Waals surface area contributed by atoms with Crippen LogP contribution in [0.1, 0.15) is 32.0 Å². The van der Waals surface area contributed by atoms with E-state index in [2.05, 4.69) is 9.97 Å². The molecule has 0 saturated heterocycles. The molecule has 16 heavy (non-hydrogen) atoms. The second kappa shape index (κ2) is 3.96. The number of aromatic amines is 1. The summed E-state index contributed by atoms with van der Waals surface area (Å²) in [7, 11) is 0. The number of hydrogen-bond acceptors (Lipinski definition) is 4. The first-order valence-corrected chi connectivity index (χ1v) is 4.82. The zero-order valence-electron chi connectivity index (χ0n) is 9.50. The third-order valence-corrected chi connectivity index (χ3v) is 2.07. The first-order chi connectivity index (χ1) is 7.21. The van der Waals surface area contributed by atoms with E-state index in [9.17, 15) is 9.59 Å². The maximum atomic E-state index is 11.6. The largest absolute Gasteiger partial charge is 0.481 e. The second-order valence-electron chi connectivity index (χ2n) is 4.60. The van der Waals surface area contributed by atoms with Gasteiger partial charge in [-0.25, -0.2) is 4.98 Å².